The fraction of sp³-hybridized carbons (Fsp3) is 0.200. The second kappa shape index (κ2) is 8.22. The van der Waals surface area contributed by atoms with Crippen LogP contribution in [0.15, 0.2) is 46.1 Å². The van der Waals surface area contributed by atoms with Crippen LogP contribution in [0.1, 0.15) is 41.5 Å². The second-order valence-electron chi connectivity index (χ2n) is 6.96. The topological polar surface area (TPSA) is 146 Å². The largest absolute Gasteiger partial charge is 0.496 e. The van der Waals surface area contributed by atoms with Crippen molar-refractivity contribution >= 4 is 28.7 Å². The van der Waals surface area contributed by atoms with Gasteiger partial charge in [0.15, 0.2) is 5.69 Å². The summed E-state index contributed by atoms with van der Waals surface area (Å²) in [4.78, 5) is 12.8. The molecule has 31 heavy (non-hydrogen) atoms. The number of nitrogens with zero attached hydrogens (tertiary/aromatic N) is 6. The van der Waals surface area contributed by atoms with Crippen molar-refractivity contribution in [1.29, 1.82) is 0 Å². The molecule has 2 heterocycles. The van der Waals surface area contributed by atoms with E-state index in [9.17, 15) is 4.79 Å². The number of nitrogen functional groups attached to an aromatic ring is 1. The molecule has 11 heteroatoms. The number of anilines is 1. The van der Waals surface area contributed by atoms with Crippen LogP contribution in [0.3, 0.4) is 0 Å². The first-order valence-electron chi connectivity index (χ1n) is 9.44. The van der Waals surface area contributed by atoms with Gasteiger partial charge in [-0.1, -0.05) is 49.4 Å². The van der Waals surface area contributed by atoms with Gasteiger partial charge < -0.3 is 10.5 Å². The van der Waals surface area contributed by atoms with E-state index in [1.54, 1.807) is 7.11 Å². The van der Waals surface area contributed by atoms with E-state index >= 15 is 0 Å². The van der Waals surface area contributed by atoms with Gasteiger partial charge in [-0.05, 0) is 33.1 Å². The van der Waals surface area contributed by atoms with Gasteiger partial charge >= 0.3 is 0 Å². The molecule has 1 amide bonds. The summed E-state index contributed by atoms with van der Waals surface area (Å²) in [5.41, 5.74) is 9.59. The third kappa shape index (κ3) is 3.68. The smallest absolute Gasteiger partial charge is 0.293 e. The Morgan fingerprint density at radius 3 is 2.77 bits per heavy atom. The maximum absolute atomic E-state index is 12.8. The molecule has 0 bridgehead atoms. The van der Waals surface area contributed by atoms with Crippen molar-refractivity contribution in [1.82, 2.24) is 30.7 Å². The highest BCUT2D eigenvalue weighted by molar-refractivity contribution is 6.03. The summed E-state index contributed by atoms with van der Waals surface area (Å²) in [5, 5.41) is 21.3. The molecule has 158 valence electrons. The lowest BCUT2D eigenvalue weighted by atomic mass is 10.0. The zero-order valence-corrected chi connectivity index (χ0v) is 17.1. The Labute approximate surface area is 176 Å². The molecule has 0 aliphatic carbocycles. The third-order valence-electron chi connectivity index (χ3n) is 4.67. The Hall–Kier alpha value is -4.28. The Bertz CT molecular complexity index is 1270. The van der Waals surface area contributed by atoms with Crippen molar-refractivity contribution in [3.05, 3.63) is 53.3 Å². The van der Waals surface area contributed by atoms with Crippen LogP contribution in [0.2, 0.25) is 0 Å². The molecule has 2 aromatic heterocycles. The summed E-state index contributed by atoms with van der Waals surface area (Å²) >= 11 is 0. The minimum atomic E-state index is -0.527. The van der Waals surface area contributed by atoms with Crippen LogP contribution in [0.4, 0.5) is 5.82 Å². The molecular formula is C20H20N8O3. The lowest BCUT2D eigenvalue weighted by Crippen LogP contribution is -2.21. The van der Waals surface area contributed by atoms with Gasteiger partial charge in [0.25, 0.3) is 5.91 Å². The predicted octanol–water partition coefficient (Wildman–Crippen LogP) is 2.28. The Morgan fingerprint density at radius 2 is 2.06 bits per heavy atom. The minimum absolute atomic E-state index is 0.0415. The number of aromatic nitrogens is 5. The summed E-state index contributed by atoms with van der Waals surface area (Å²) < 4.78 is 11.4. The highest BCUT2D eigenvalue weighted by Crippen LogP contribution is 2.26. The Balaban J connectivity index is 1.63. The molecule has 3 N–H and O–H groups in total. The third-order valence-corrected chi connectivity index (χ3v) is 4.67. The number of nitrogens with two attached hydrogens (primary N) is 1. The number of carbonyl (C=O) groups is 1. The number of hydrazone groups is 1. The van der Waals surface area contributed by atoms with E-state index in [-0.39, 0.29) is 23.2 Å². The number of carbonyl (C=O) groups excluding carboxylic acids is 1. The molecule has 0 aliphatic rings. The fourth-order valence-corrected chi connectivity index (χ4v) is 3.26. The number of nitrogens with one attached hydrogen (secondary N) is 1. The fourth-order valence-electron chi connectivity index (χ4n) is 3.26. The van der Waals surface area contributed by atoms with Crippen LogP contribution in [0.25, 0.3) is 16.6 Å². The molecule has 0 spiro atoms. The Kier molecular flexibility index (Phi) is 5.31. The van der Waals surface area contributed by atoms with Crippen molar-refractivity contribution in [2.24, 2.45) is 5.10 Å². The lowest BCUT2D eigenvalue weighted by Gasteiger charge is -2.09. The van der Waals surface area contributed by atoms with Crippen LogP contribution < -0.4 is 15.9 Å². The molecule has 0 unspecified atom stereocenters. The SMILES string of the molecule is COc1ccc2ccccc2c1C=NNC(=O)c1nnn(-c2nonc2N)c1C(C)C. The van der Waals surface area contributed by atoms with Gasteiger partial charge in [0.2, 0.25) is 11.6 Å². The van der Waals surface area contributed by atoms with Crippen LogP contribution in [0.5, 0.6) is 5.75 Å². The summed E-state index contributed by atoms with van der Waals surface area (Å²) in [6.07, 6.45) is 1.54. The molecule has 0 atom stereocenters. The van der Waals surface area contributed by atoms with E-state index < -0.39 is 5.91 Å². The molecule has 0 saturated heterocycles. The Morgan fingerprint density at radius 1 is 1.26 bits per heavy atom. The first kappa shape index (κ1) is 20.0. The highest BCUT2D eigenvalue weighted by Gasteiger charge is 2.25. The number of benzene rings is 2. The zero-order valence-electron chi connectivity index (χ0n) is 17.1. The van der Waals surface area contributed by atoms with Crippen molar-refractivity contribution in [3.63, 3.8) is 0 Å². The van der Waals surface area contributed by atoms with E-state index in [1.165, 1.54) is 10.9 Å². The average Bonchev–Trinajstić information content (AvgIpc) is 3.39. The molecule has 0 radical (unpaired) electrons. The predicted molar refractivity (Wildman–Crippen MR) is 113 cm³/mol. The lowest BCUT2D eigenvalue weighted by molar-refractivity contribution is 0.0948. The normalized spacial score (nSPS) is 11.5. The van der Waals surface area contributed by atoms with Crippen molar-refractivity contribution < 1.29 is 14.2 Å². The zero-order chi connectivity index (χ0) is 22.0. The number of hydrogen-bond acceptors (Lipinski definition) is 9. The molecule has 0 saturated carbocycles. The number of hydrogen-bond donors (Lipinski definition) is 2. The van der Waals surface area contributed by atoms with Gasteiger partial charge in [-0.2, -0.15) is 9.78 Å². The number of rotatable bonds is 6. The first-order valence-corrected chi connectivity index (χ1v) is 9.44. The summed E-state index contributed by atoms with van der Waals surface area (Å²) in [6, 6.07) is 11.6. The number of ether oxygens (including phenoxy) is 1. The summed E-state index contributed by atoms with van der Waals surface area (Å²) in [7, 11) is 1.58. The maximum atomic E-state index is 12.8. The van der Waals surface area contributed by atoms with Gasteiger partial charge in [0, 0.05) is 5.56 Å². The minimum Gasteiger partial charge on any atom is -0.496 e. The van der Waals surface area contributed by atoms with Crippen LogP contribution >= 0.6 is 0 Å². The van der Waals surface area contributed by atoms with Gasteiger partial charge in [-0.3, -0.25) is 4.79 Å². The second-order valence-corrected chi connectivity index (χ2v) is 6.96. The van der Waals surface area contributed by atoms with E-state index in [4.69, 9.17) is 10.5 Å². The van der Waals surface area contributed by atoms with E-state index in [0.29, 0.717) is 11.4 Å². The summed E-state index contributed by atoms with van der Waals surface area (Å²) in [5.74, 6) is 0.202. The highest BCUT2D eigenvalue weighted by atomic mass is 16.6. The van der Waals surface area contributed by atoms with Crippen molar-refractivity contribution in [3.8, 4) is 11.6 Å². The average molecular weight is 420 g/mol. The number of amides is 1. The van der Waals surface area contributed by atoms with E-state index in [1.807, 2.05) is 50.2 Å². The monoisotopic (exact) mass is 420 g/mol. The molecule has 11 nitrogen and oxygen atoms in total. The number of methoxy groups -OCH3 is 1. The number of fused-ring (bicyclic) bond motifs is 1. The molecule has 0 fully saturated rings. The maximum Gasteiger partial charge on any atom is 0.293 e. The van der Waals surface area contributed by atoms with Crippen LogP contribution in [-0.4, -0.2) is 44.5 Å². The first-order chi connectivity index (χ1) is 15.0. The van der Waals surface area contributed by atoms with E-state index in [2.05, 4.69) is 35.8 Å². The molecule has 4 rings (SSSR count). The van der Waals surface area contributed by atoms with Gasteiger partial charge in [-0.25, -0.2) is 10.1 Å². The van der Waals surface area contributed by atoms with E-state index in [0.717, 1.165) is 16.3 Å². The van der Waals surface area contributed by atoms with Crippen LogP contribution in [-0.2, 0) is 0 Å². The molecule has 0 aliphatic heterocycles. The van der Waals surface area contributed by atoms with Gasteiger partial charge in [0.1, 0.15) is 5.75 Å². The van der Waals surface area contributed by atoms with Crippen molar-refractivity contribution in [2.75, 3.05) is 12.8 Å². The van der Waals surface area contributed by atoms with Gasteiger partial charge in [-0.15, -0.1) is 5.10 Å². The quantitative estimate of drug-likeness (QED) is 0.357. The molecular weight excluding hydrogens is 400 g/mol. The van der Waals surface area contributed by atoms with Crippen LogP contribution in [0, 0.1) is 0 Å². The van der Waals surface area contributed by atoms with Crippen molar-refractivity contribution in [2.45, 2.75) is 19.8 Å². The summed E-state index contributed by atoms with van der Waals surface area (Å²) in [6.45, 7) is 3.78. The molecule has 2 aromatic carbocycles. The standard InChI is InChI=1S/C20H20N8O3/c1-11(2)17-16(23-27-28(17)19-18(21)25-31-26-19)20(29)24-22-10-14-13-7-5-4-6-12(13)8-9-15(14)30-3/h4-11H,1-3H3,(H2,21,25)(H,24,29). The molecule has 4 aromatic rings. The van der Waals surface area contributed by atoms with Gasteiger partial charge in [0.05, 0.1) is 19.0 Å².